The zero-order valence-corrected chi connectivity index (χ0v) is 17.3. The first kappa shape index (κ1) is 21.9. The van der Waals surface area contributed by atoms with Crippen molar-refractivity contribution in [3.05, 3.63) is 78.2 Å². The Morgan fingerprint density at radius 2 is 1.77 bits per heavy atom. The molecule has 0 radical (unpaired) electrons. The topological polar surface area (TPSA) is 113 Å². The molecule has 0 aliphatic heterocycles. The molecule has 3 rings (SSSR count). The van der Waals surface area contributed by atoms with Gasteiger partial charge in [-0.05, 0) is 25.0 Å². The molecule has 0 bridgehead atoms. The van der Waals surface area contributed by atoms with E-state index in [2.05, 4.69) is 20.6 Å². The summed E-state index contributed by atoms with van der Waals surface area (Å²) in [6.45, 7) is 3.81. The predicted octanol–water partition coefficient (Wildman–Crippen LogP) is 4.02. The van der Waals surface area contributed by atoms with Crippen LogP contribution in [0.2, 0.25) is 0 Å². The van der Waals surface area contributed by atoms with Crippen molar-refractivity contribution in [2.24, 2.45) is 0 Å². The minimum absolute atomic E-state index is 0.408. The summed E-state index contributed by atoms with van der Waals surface area (Å²) in [6, 6.07) is 16.3. The van der Waals surface area contributed by atoms with E-state index in [4.69, 9.17) is 9.84 Å². The lowest BCUT2D eigenvalue weighted by atomic mass is 10.1. The molecule has 3 aromatic rings. The van der Waals surface area contributed by atoms with E-state index in [0.717, 1.165) is 16.7 Å². The van der Waals surface area contributed by atoms with Crippen LogP contribution >= 0.6 is 0 Å². The Bertz CT molecular complexity index is 1030. The number of nitrogens with zero attached hydrogens (tertiary/aromatic N) is 2. The molecule has 0 aliphatic carbocycles. The molecule has 8 nitrogen and oxygen atoms in total. The molecule has 0 fully saturated rings. The van der Waals surface area contributed by atoms with E-state index in [9.17, 15) is 9.59 Å². The number of aliphatic carboxylic acids is 1. The van der Waals surface area contributed by atoms with Gasteiger partial charge in [-0.25, -0.2) is 14.8 Å². The molecule has 0 spiro atoms. The van der Waals surface area contributed by atoms with Crippen LogP contribution in [0.3, 0.4) is 0 Å². The van der Waals surface area contributed by atoms with Crippen LogP contribution in [-0.2, 0) is 16.1 Å². The summed E-state index contributed by atoms with van der Waals surface area (Å²) in [5.74, 6) is -0.901. The van der Waals surface area contributed by atoms with Crippen molar-refractivity contribution in [2.75, 3.05) is 5.32 Å². The number of aromatic nitrogens is 2. The first-order valence-corrected chi connectivity index (χ1v) is 9.82. The number of benzene rings is 2. The van der Waals surface area contributed by atoms with Crippen molar-refractivity contribution in [1.29, 1.82) is 0 Å². The number of nitrogens with one attached hydrogen (secondary N) is 2. The maximum Gasteiger partial charge on any atom is 0.412 e. The second-order valence-corrected chi connectivity index (χ2v) is 7.01. The van der Waals surface area contributed by atoms with Crippen molar-refractivity contribution in [3.8, 4) is 11.3 Å². The molecule has 2 atom stereocenters. The van der Waals surface area contributed by atoms with Crippen molar-refractivity contribution in [3.63, 3.8) is 0 Å². The summed E-state index contributed by atoms with van der Waals surface area (Å²) < 4.78 is 5.46. The van der Waals surface area contributed by atoms with E-state index in [1.54, 1.807) is 13.8 Å². The van der Waals surface area contributed by atoms with Gasteiger partial charge in [0.15, 0.2) is 0 Å². The number of carboxylic acid groups (broad SMARTS) is 1. The van der Waals surface area contributed by atoms with Gasteiger partial charge in [0.25, 0.3) is 0 Å². The van der Waals surface area contributed by atoms with Gasteiger partial charge < -0.3 is 15.2 Å². The van der Waals surface area contributed by atoms with Crippen molar-refractivity contribution in [2.45, 2.75) is 32.5 Å². The third-order valence-corrected chi connectivity index (χ3v) is 4.71. The Morgan fingerprint density at radius 1 is 1.06 bits per heavy atom. The van der Waals surface area contributed by atoms with Crippen LogP contribution in [0.5, 0.6) is 0 Å². The summed E-state index contributed by atoms with van der Waals surface area (Å²) in [5, 5.41) is 14.6. The molecule has 160 valence electrons. The molecule has 1 aromatic heterocycles. The van der Waals surface area contributed by atoms with Gasteiger partial charge in [0.05, 0.1) is 17.6 Å². The SMILES string of the molecule is CC(NCc1ccc(-c2ncncc2NC(=O)OC(C)c2ccccc2)cc1)C(=O)O. The molecule has 3 N–H and O–H groups in total. The molecule has 0 saturated heterocycles. The average Bonchev–Trinajstić information content (AvgIpc) is 2.78. The highest BCUT2D eigenvalue weighted by Gasteiger charge is 2.15. The largest absolute Gasteiger partial charge is 0.480 e. The van der Waals surface area contributed by atoms with Gasteiger partial charge >= 0.3 is 12.1 Å². The zero-order valence-electron chi connectivity index (χ0n) is 17.3. The van der Waals surface area contributed by atoms with Crippen LogP contribution in [0.25, 0.3) is 11.3 Å². The minimum Gasteiger partial charge on any atom is -0.480 e. The van der Waals surface area contributed by atoms with Gasteiger partial charge in [-0.3, -0.25) is 10.1 Å². The van der Waals surface area contributed by atoms with E-state index < -0.39 is 24.2 Å². The smallest absolute Gasteiger partial charge is 0.412 e. The van der Waals surface area contributed by atoms with Crippen LogP contribution < -0.4 is 10.6 Å². The number of anilines is 1. The van der Waals surface area contributed by atoms with Crippen molar-refractivity contribution >= 4 is 17.7 Å². The highest BCUT2D eigenvalue weighted by atomic mass is 16.6. The Kier molecular flexibility index (Phi) is 7.29. The lowest BCUT2D eigenvalue weighted by Gasteiger charge is -2.15. The standard InChI is InChI=1S/C23H24N4O4/c1-15(22(28)29)25-12-17-8-10-19(11-9-17)21-20(13-24-14-26-21)27-23(30)31-16(2)18-6-4-3-5-7-18/h3-11,13-16,25H,12H2,1-2H3,(H,27,30)(H,28,29). The van der Waals surface area contributed by atoms with Gasteiger partial charge in [-0.15, -0.1) is 0 Å². The van der Waals surface area contributed by atoms with Gasteiger partial charge in [0.1, 0.15) is 18.5 Å². The molecule has 2 aromatic carbocycles. The van der Waals surface area contributed by atoms with E-state index in [1.807, 2.05) is 54.6 Å². The molecule has 31 heavy (non-hydrogen) atoms. The summed E-state index contributed by atoms with van der Waals surface area (Å²) in [6.07, 6.45) is 1.91. The second kappa shape index (κ2) is 10.3. The maximum atomic E-state index is 12.4. The minimum atomic E-state index is -0.901. The Labute approximate surface area is 180 Å². The predicted molar refractivity (Wildman–Crippen MR) is 116 cm³/mol. The van der Waals surface area contributed by atoms with E-state index in [0.29, 0.717) is 17.9 Å². The third-order valence-electron chi connectivity index (χ3n) is 4.71. The van der Waals surface area contributed by atoms with Gasteiger partial charge in [-0.2, -0.15) is 0 Å². The Morgan fingerprint density at radius 3 is 2.45 bits per heavy atom. The Hall–Kier alpha value is -3.78. The number of rotatable bonds is 8. The van der Waals surface area contributed by atoms with Crippen LogP contribution in [0, 0.1) is 0 Å². The van der Waals surface area contributed by atoms with Crippen LogP contribution in [0.15, 0.2) is 67.1 Å². The highest BCUT2D eigenvalue weighted by Crippen LogP contribution is 2.26. The molecule has 1 amide bonds. The number of ether oxygens (including phenoxy) is 1. The normalized spacial score (nSPS) is 12.6. The van der Waals surface area contributed by atoms with E-state index >= 15 is 0 Å². The fourth-order valence-electron chi connectivity index (χ4n) is 2.88. The van der Waals surface area contributed by atoms with Crippen LogP contribution in [0.1, 0.15) is 31.1 Å². The Balaban J connectivity index is 1.67. The second-order valence-electron chi connectivity index (χ2n) is 7.01. The zero-order chi connectivity index (χ0) is 22.2. The van der Waals surface area contributed by atoms with Crippen LogP contribution in [0.4, 0.5) is 10.5 Å². The molecular weight excluding hydrogens is 396 g/mol. The van der Waals surface area contributed by atoms with Gasteiger partial charge in [0.2, 0.25) is 0 Å². The van der Waals surface area contributed by atoms with E-state index in [1.165, 1.54) is 12.5 Å². The number of amides is 1. The lowest BCUT2D eigenvalue weighted by molar-refractivity contribution is -0.139. The fourth-order valence-corrected chi connectivity index (χ4v) is 2.88. The first-order valence-electron chi connectivity index (χ1n) is 9.82. The van der Waals surface area contributed by atoms with Crippen LogP contribution in [-0.4, -0.2) is 33.2 Å². The molecule has 0 aliphatic rings. The van der Waals surface area contributed by atoms with Crippen molar-refractivity contribution in [1.82, 2.24) is 15.3 Å². The molecule has 1 heterocycles. The lowest BCUT2D eigenvalue weighted by Crippen LogP contribution is -2.33. The molecule has 2 unspecified atom stereocenters. The molecular formula is C23H24N4O4. The fraction of sp³-hybridized carbons (Fsp3) is 0.217. The summed E-state index contributed by atoms with van der Waals surface area (Å²) in [4.78, 5) is 31.6. The number of hydrogen-bond donors (Lipinski definition) is 3. The molecule has 0 saturated carbocycles. The number of carbonyl (C=O) groups excluding carboxylic acids is 1. The number of carbonyl (C=O) groups is 2. The summed E-state index contributed by atoms with van der Waals surface area (Å²) >= 11 is 0. The number of carboxylic acids is 1. The average molecular weight is 420 g/mol. The monoisotopic (exact) mass is 420 g/mol. The highest BCUT2D eigenvalue weighted by molar-refractivity contribution is 5.89. The quantitative estimate of drug-likeness (QED) is 0.504. The van der Waals surface area contributed by atoms with Crippen molar-refractivity contribution < 1.29 is 19.4 Å². The molecule has 8 heteroatoms. The number of hydrogen-bond acceptors (Lipinski definition) is 6. The first-order chi connectivity index (χ1) is 14.9. The van der Waals surface area contributed by atoms with E-state index in [-0.39, 0.29) is 0 Å². The summed E-state index contributed by atoms with van der Waals surface area (Å²) in [5.41, 5.74) is 3.58. The maximum absolute atomic E-state index is 12.4. The van der Waals surface area contributed by atoms with Gasteiger partial charge in [-0.1, -0.05) is 54.6 Å². The third kappa shape index (κ3) is 6.10. The summed E-state index contributed by atoms with van der Waals surface area (Å²) in [7, 11) is 0. The van der Waals surface area contributed by atoms with Gasteiger partial charge in [0, 0.05) is 12.1 Å².